The molecule has 1 aliphatic heterocycles. The van der Waals surface area contributed by atoms with E-state index in [1.807, 2.05) is 6.07 Å². The minimum Gasteiger partial charge on any atom is -0.444 e. The molecule has 8 heteroatoms. The Labute approximate surface area is 152 Å². The lowest BCUT2D eigenvalue weighted by atomic mass is 9.99. The monoisotopic (exact) mass is 365 g/mol. The number of nitrogens with one attached hydrogen (secondary N) is 3. The predicted molar refractivity (Wildman–Crippen MR) is 96.3 cm³/mol. The summed E-state index contributed by atoms with van der Waals surface area (Å²) in [5.41, 5.74) is -0.0970. The molecule has 0 aromatic heterocycles. The Morgan fingerprint density at radius 2 is 1.92 bits per heavy atom. The van der Waals surface area contributed by atoms with Gasteiger partial charge in [0.2, 0.25) is 11.8 Å². The number of β-lactam (4-membered cyclic amide) rings is 1. The average Bonchev–Trinajstić information content (AvgIpc) is 2.54. The van der Waals surface area contributed by atoms with Crippen molar-refractivity contribution in [1.82, 2.24) is 16.0 Å². The first-order valence-electron chi connectivity index (χ1n) is 7.97. The topological polar surface area (TPSA) is 96.5 Å². The molecule has 1 saturated heterocycles. The summed E-state index contributed by atoms with van der Waals surface area (Å²) in [7, 11) is 0. The maximum absolute atomic E-state index is 12.7. The molecule has 1 aromatic carbocycles. The SMILES string of the molecule is CC(C)(C)OC(=O)NC(C(=O)N[C@H]1C(=O)N[C@H]1CS)c1ccccc1. The number of hydrogen-bond donors (Lipinski definition) is 4. The smallest absolute Gasteiger partial charge is 0.408 e. The van der Waals surface area contributed by atoms with Crippen LogP contribution >= 0.6 is 12.6 Å². The zero-order valence-electron chi connectivity index (χ0n) is 14.4. The zero-order valence-corrected chi connectivity index (χ0v) is 15.3. The standard InChI is InChI=1S/C17H23N3O4S/c1-17(2,3)24-16(23)20-12(10-7-5-4-6-8-10)14(21)19-13-11(9-25)18-15(13)22/h4-8,11-13,25H,9H2,1-3H3,(H,18,22)(H,19,21)(H,20,23)/t11-,12?,13+/m0/s1. The molecule has 0 radical (unpaired) electrons. The average molecular weight is 365 g/mol. The Morgan fingerprint density at radius 3 is 2.44 bits per heavy atom. The third kappa shape index (κ3) is 5.12. The molecule has 136 valence electrons. The van der Waals surface area contributed by atoms with E-state index >= 15 is 0 Å². The number of hydrogen-bond acceptors (Lipinski definition) is 5. The van der Waals surface area contributed by atoms with Crippen LogP contribution in [0, 0.1) is 0 Å². The van der Waals surface area contributed by atoms with Crippen LogP contribution in [0.5, 0.6) is 0 Å². The highest BCUT2D eigenvalue weighted by molar-refractivity contribution is 7.80. The highest BCUT2D eigenvalue weighted by Crippen LogP contribution is 2.17. The number of benzene rings is 1. The fourth-order valence-electron chi connectivity index (χ4n) is 2.37. The van der Waals surface area contributed by atoms with Crippen molar-refractivity contribution in [2.75, 3.05) is 5.75 Å². The lowest BCUT2D eigenvalue weighted by molar-refractivity contribution is -0.136. The van der Waals surface area contributed by atoms with Crippen LogP contribution in [-0.4, -0.2) is 41.3 Å². The van der Waals surface area contributed by atoms with Crippen LogP contribution in [0.15, 0.2) is 30.3 Å². The lowest BCUT2D eigenvalue weighted by Crippen LogP contribution is -2.70. The van der Waals surface area contributed by atoms with E-state index in [0.29, 0.717) is 11.3 Å². The van der Waals surface area contributed by atoms with E-state index in [-0.39, 0.29) is 11.9 Å². The van der Waals surface area contributed by atoms with Gasteiger partial charge in [-0.15, -0.1) is 0 Å². The van der Waals surface area contributed by atoms with Crippen LogP contribution in [-0.2, 0) is 14.3 Å². The molecule has 0 bridgehead atoms. The first kappa shape index (κ1) is 19.1. The summed E-state index contributed by atoms with van der Waals surface area (Å²) in [5, 5.41) is 7.89. The lowest BCUT2D eigenvalue weighted by Gasteiger charge is -2.37. The molecule has 3 amide bonds. The summed E-state index contributed by atoms with van der Waals surface area (Å²) in [5.74, 6) is -0.341. The van der Waals surface area contributed by atoms with Gasteiger partial charge in [-0.1, -0.05) is 30.3 Å². The summed E-state index contributed by atoms with van der Waals surface area (Å²) in [6, 6.07) is 6.93. The maximum atomic E-state index is 12.7. The van der Waals surface area contributed by atoms with Crippen LogP contribution in [0.1, 0.15) is 32.4 Å². The molecule has 1 unspecified atom stereocenters. The summed E-state index contributed by atoms with van der Waals surface area (Å²) < 4.78 is 5.23. The van der Waals surface area contributed by atoms with Crippen molar-refractivity contribution in [3.05, 3.63) is 35.9 Å². The normalized spacial score (nSPS) is 20.7. The van der Waals surface area contributed by atoms with Gasteiger partial charge in [-0.25, -0.2) is 4.79 Å². The molecule has 3 N–H and O–H groups in total. The Morgan fingerprint density at radius 1 is 1.28 bits per heavy atom. The Hall–Kier alpha value is -2.22. The molecular formula is C17H23N3O4S. The molecule has 0 saturated carbocycles. The van der Waals surface area contributed by atoms with E-state index in [4.69, 9.17) is 4.74 Å². The van der Waals surface area contributed by atoms with Crippen molar-refractivity contribution in [3.8, 4) is 0 Å². The molecule has 1 aliphatic rings. The number of rotatable bonds is 5. The van der Waals surface area contributed by atoms with E-state index in [1.165, 1.54) is 0 Å². The maximum Gasteiger partial charge on any atom is 0.408 e. The van der Waals surface area contributed by atoms with E-state index in [2.05, 4.69) is 28.6 Å². The minimum absolute atomic E-state index is 0.224. The Balaban J connectivity index is 2.13. The summed E-state index contributed by atoms with van der Waals surface area (Å²) in [4.78, 5) is 36.4. The third-order valence-electron chi connectivity index (χ3n) is 3.56. The molecule has 1 aromatic rings. The van der Waals surface area contributed by atoms with Gasteiger partial charge in [-0.2, -0.15) is 12.6 Å². The summed E-state index contributed by atoms with van der Waals surface area (Å²) in [6.07, 6.45) is -0.708. The third-order valence-corrected chi connectivity index (χ3v) is 3.96. The quantitative estimate of drug-likeness (QED) is 0.465. The molecule has 1 heterocycles. The van der Waals surface area contributed by atoms with E-state index in [1.54, 1.807) is 45.0 Å². The first-order valence-corrected chi connectivity index (χ1v) is 8.60. The van der Waals surface area contributed by atoms with Gasteiger partial charge >= 0.3 is 6.09 Å². The second kappa shape index (κ2) is 7.77. The number of ether oxygens (including phenoxy) is 1. The molecule has 0 spiro atoms. The van der Waals surface area contributed by atoms with Crippen molar-refractivity contribution in [3.63, 3.8) is 0 Å². The van der Waals surface area contributed by atoms with Crippen LogP contribution in [0.4, 0.5) is 4.79 Å². The van der Waals surface area contributed by atoms with Gasteiger partial charge in [0.05, 0.1) is 6.04 Å². The summed E-state index contributed by atoms with van der Waals surface area (Å²) >= 11 is 4.14. The van der Waals surface area contributed by atoms with Crippen LogP contribution in [0.3, 0.4) is 0 Å². The van der Waals surface area contributed by atoms with Crippen molar-refractivity contribution in [2.24, 2.45) is 0 Å². The van der Waals surface area contributed by atoms with E-state index in [0.717, 1.165) is 0 Å². The second-order valence-electron chi connectivity index (χ2n) is 6.77. The van der Waals surface area contributed by atoms with Gasteiger partial charge in [0, 0.05) is 5.75 Å². The van der Waals surface area contributed by atoms with Gasteiger partial charge < -0.3 is 20.7 Å². The fraction of sp³-hybridized carbons (Fsp3) is 0.471. The largest absolute Gasteiger partial charge is 0.444 e. The Bertz CT molecular complexity index is 645. The number of alkyl carbamates (subject to hydrolysis) is 1. The Kier molecular flexibility index (Phi) is 5.94. The molecular weight excluding hydrogens is 342 g/mol. The van der Waals surface area contributed by atoms with Crippen LogP contribution in [0.25, 0.3) is 0 Å². The van der Waals surface area contributed by atoms with Crippen molar-refractivity contribution >= 4 is 30.5 Å². The number of carbonyl (C=O) groups is 3. The highest BCUT2D eigenvalue weighted by atomic mass is 32.1. The zero-order chi connectivity index (χ0) is 18.6. The van der Waals surface area contributed by atoms with Gasteiger partial charge in [0.1, 0.15) is 17.7 Å². The fourth-order valence-corrected chi connectivity index (χ4v) is 2.67. The molecule has 1 fully saturated rings. The highest BCUT2D eigenvalue weighted by Gasteiger charge is 2.40. The van der Waals surface area contributed by atoms with Crippen molar-refractivity contribution < 1.29 is 19.1 Å². The first-order chi connectivity index (χ1) is 11.7. The van der Waals surface area contributed by atoms with Gasteiger partial charge in [0.25, 0.3) is 0 Å². The van der Waals surface area contributed by atoms with E-state index < -0.39 is 29.7 Å². The molecule has 2 rings (SSSR count). The number of carbonyl (C=O) groups excluding carboxylic acids is 3. The van der Waals surface area contributed by atoms with Gasteiger partial charge in [-0.3, -0.25) is 9.59 Å². The second-order valence-corrected chi connectivity index (χ2v) is 7.14. The number of amides is 3. The molecule has 3 atom stereocenters. The van der Waals surface area contributed by atoms with Crippen LogP contribution < -0.4 is 16.0 Å². The molecule has 0 aliphatic carbocycles. The van der Waals surface area contributed by atoms with Crippen LogP contribution in [0.2, 0.25) is 0 Å². The van der Waals surface area contributed by atoms with Gasteiger partial charge in [0.15, 0.2) is 0 Å². The minimum atomic E-state index is -0.968. The summed E-state index contributed by atoms with van der Waals surface area (Å²) in [6.45, 7) is 5.21. The van der Waals surface area contributed by atoms with Gasteiger partial charge in [-0.05, 0) is 26.3 Å². The van der Waals surface area contributed by atoms with E-state index in [9.17, 15) is 14.4 Å². The van der Waals surface area contributed by atoms with Crippen molar-refractivity contribution in [2.45, 2.75) is 44.5 Å². The molecule has 7 nitrogen and oxygen atoms in total. The number of thiol groups is 1. The molecule has 25 heavy (non-hydrogen) atoms. The predicted octanol–water partition coefficient (Wildman–Crippen LogP) is 1.17. The van der Waals surface area contributed by atoms with Crippen molar-refractivity contribution in [1.29, 1.82) is 0 Å².